The van der Waals surface area contributed by atoms with Gasteiger partial charge in [-0.05, 0) is 29.8 Å². The lowest BCUT2D eigenvalue weighted by molar-refractivity contribution is 0.309. The molecule has 1 aromatic carbocycles. The quantitative estimate of drug-likeness (QED) is 0.530. The molecule has 0 saturated carbocycles. The number of aromatic nitrogens is 4. The molecule has 124 valence electrons. The Morgan fingerprint density at radius 2 is 1.84 bits per heavy atom. The first kappa shape index (κ1) is 14.9. The predicted octanol–water partition coefficient (Wildman–Crippen LogP) is 2.89. The van der Waals surface area contributed by atoms with E-state index in [-0.39, 0.29) is 11.7 Å². The van der Waals surface area contributed by atoms with Gasteiger partial charge in [-0.2, -0.15) is 0 Å². The van der Waals surface area contributed by atoms with Crippen molar-refractivity contribution >= 4 is 17.0 Å². The summed E-state index contributed by atoms with van der Waals surface area (Å²) in [7, 11) is 0. The van der Waals surface area contributed by atoms with E-state index in [1.807, 2.05) is 24.4 Å². The maximum atomic E-state index is 9.36. The van der Waals surface area contributed by atoms with E-state index in [0.717, 1.165) is 16.5 Å². The number of phenols is 1. The van der Waals surface area contributed by atoms with Crippen molar-refractivity contribution in [1.82, 2.24) is 19.9 Å². The smallest absolute Gasteiger partial charge is 0.220 e. The van der Waals surface area contributed by atoms with E-state index in [9.17, 15) is 5.11 Å². The van der Waals surface area contributed by atoms with Gasteiger partial charge in [0.1, 0.15) is 23.8 Å². The van der Waals surface area contributed by atoms with Crippen molar-refractivity contribution in [1.29, 1.82) is 0 Å². The number of hydrogen-bond donors (Lipinski definition) is 3. The number of nitrogens with two attached hydrogens (primary N) is 1. The van der Waals surface area contributed by atoms with Gasteiger partial charge < -0.3 is 20.6 Å². The van der Waals surface area contributed by atoms with Crippen molar-refractivity contribution < 1.29 is 9.84 Å². The molecule has 4 rings (SSSR count). The maximum Gasteiger partial charge on any atom is 0.220 e. The van der Waals surface area contributed by atoms with E-state index in [2.05, 4.69) is 19.9 Å². The molecule has 0 amide bonds. The Morgan fingerprint density at radius 1 is 1.04 bits per heavy atom. The highest BCUT2D eigenvalue weighted by atomic mass is 16.5. The van der Waals surface area contributed by atoms with Gasteiger partial charge in [-0.15, -0.1) is 0 Å². The van der Waals surface area contributed by atoms with Crippen LogP contribution in [-0.4, -0.2) is 25.0 Å². The summed E-state index contributed by atoms with van der Waals surface area (Å²) in [5.74, 6) is 1.12. The Labute approximate surface area is 143 Å². The number of nitrogens with one attached hydrogen (secondary N) is 1. The fourth-order valence-corrected chi connectivity index (χ4v) is 2.63. The highest BCUT2D eigenvalue weighted by Crippen LogP contribution is 2.34. The number of benzene rings is 1. The van der Waals surface area contributed by atoms with Gasteiger partial charge in [-0.3, -0.25) is 0 Å². The Hall–Kier alpha value is -3.61. The summed E-state index contributed by atoms with van der Waals surface area (Å²) in [5, 5.41) is 10.2. The van der Waals surface area contributed by atoms with Crippen LogP contribution in [0.2, 0.25) is 0 Å². The number of nitrogens with zero attached hydrogens (tertiary/aromatic N) is 3. The molecule has 3 heterocycles. The van der Waals surface area contributed by atoms with E-state index in [1.165, 1.54) is 0 Å². The van der Waals surface area contributed by atoms with Crippen LogP contribution in [0.15, 0.2) is 55.0 Å². The van der Waals surface area contributed by atoms with Crippen LogP contribution in [0.4, 0.5) is 5.95 Å². The molecule has 0 atom stereocenters. The normalized spacial score (nSPS) is 10.9. The Balaban J connectivity index is 1.71. The number of aromatic hydroxyl groups is 1. The second-order valence-corrected chi connectivity index (χ2v) is 5.49. The van der Waals surface area contributed by atoms with Gasteiger partial charge in [0.25, 0.3) is 0 Å². The largest absolute Gasteiger partial charge is 0.508 e. The van der Waals surface area contributed by atoms with Gasteiger partial charge in [-0.25, -0.2) is 15.0 Å². The molecule has 0 aliphatic heterocycles. The molecule has 0 radical (unpaired) electrons. The molecule has 7 nitrogen and oxygen atoms in total. The first-order chi connectivity index (χ1) is 12.2. The molecule has 3 aromatic heterocycles. The molecule has 0 fully saturated rings. The molecule has 4 N–H and O–H groups in total. The van der Waals surface area contributed by atoms with Crippen LogP contribution in [0.3, 0.4) is 0 Å². The molecule has 25 heavy (non-hydrogen) atoms. The predicted molar refractivity (Wildman–Crippen MR) is 94.0 cm³/mol. The minimum absolute atomic E-state index is 0.210. The van der Waals surface area contributed by atoms with E-state index < -0.39 is 0 Å². The van der Waals surface area contributed by atoms with Crippen LogP contribution in [0, 0.1) is 0 Å². The van der Waals surface area contributed by atoms with E-state index in [0.29, 0.717) is 23.7 Å². The molecule has 0 spiro atoms. The van der Waals surface area contributed by atoms with Crippen LogP contribution < -0.4 is 10.5 Å². The number of aromatic amines is 1. The summed E-state index contributed by atoms with van der Waals surface area (Å²) in [4.78, 5) is 15.7. The van der Waals surface area contributed by atoms with Crippen LogP contribution in [0.25, 0.3) is 22.3 Å². The summed E-state index contributed by atoms with van der Waals surface area (Å²) in [6, 6.07) is 10.5. The van der Waals surface area contributed by atoms with Crippen molar-refractivity contribution in [3.05, 3.63) is 60.6 Å². The number of fused-ring (bicyclic) bond motifs is 1. The molecule has 4 aromatic rings. The second kappa shape index (κ2) is 6.12. The number of hydrogen-bond acceptors (Lipinski definition) is 6. The molecule has 0 bridgehead atoms. The van der Waals surface area contributed by atoms with Gasteiger partial charge in [-0.1, -0.05) is 12.1 Å². The van der Waals surface area contributed by atoms with Gasteiger partial charge in [0.2, 0.25) is 5.95 Å². The molecule has 0 aliphatic carbocycles. The zero-order valence-corrected chi connectivity index (χ0v) is 13.2. The number of phenolic OH excluding ortho intramolecular Hbond substituents is 1. The maximum absolute atomic E-state index is 9.36. The van der Waals surface area contributed by atoms with Crippen molar-refractivity contribution in [2.75, 3.05) is 5.73 Å². The lowest BCUT2D eigenvalue weighted by Crippen LogP contribution is -1.97. The number of anilines is 1. The lowest BCUT2D eigenvalue weighted by Gasteiger charge is -2.09. The lowest BCUT2D eigenvalue weighted by atomic mass is 10.1. The number of ether oxygens (including phenoxy) is 1. The third kappa shape index (κ3) is 2.94. The zero-order chi connectivity index (χ0) is 17.2. The summed E-state index contributed by atoms with van der Waals surface area (Å²) in [5.41, 5.74) is 8.89. The topological polar surface area (TPSA) is 110 Å². The van der Waals surface area contributed by atoms with Crippen molar-refractivity contribution in [3.63, 3.8) is 0 Å². The van der Waals surface area contributed by atoms with Gasteiger partial charge in [0.15, 0.2) is 0 Å². The van der Waals surface area contributed by atoms with Crippen molar-refractivity contribution in [3.8, 4) is 22.8 Å². The molecule has 0 unspecified atom stereocenters. The molecular formula is C18H15N5O2. The molecule has 0 saturated heterocycles. The molecular weight excluding hydrogens is 318 g/mol. The third-order valence-electron chi connectivity index (χ3n) is 3.82. The van der Waals surface area contributed by atoms with Crippen molar-refractivity contribution in [2.24, 2.45) is 0 Å². The first-order valence-corrected chi connectivity index (χ1v) is 7.66. The summed E-state index contributed by atoms with van der Waals surface area (Å²) in [6.07, 6.45) is 5.12. The number of nitrogen functional groups attached to an aromatic ring is 1. The first-order valence-electron chi connectivity index (χ1n) is 7.66. The Morgan fingerprint density at radius 3 is 2.64 bits per heavy atom. The van der Waals surface area contributed by atoms with Crippen LogP contribution in [0.5, 0.6) is 11.5 Å². The van der Waals surface area contributed by atoms with Crippen LogP contribution in [0.1, 0.15) is 5.56 Å². The van der Waals surface area contributed by atoms with E-state index in [4.69, 9.17) is 10.5 Å². The number of rotatable bonds is 4. The minimum atomic E-state index is 0.210. The number of H-pyrrole nitrogens is 1. The van der Waals surface area contributed by atoms with E-state index in [1.54, 1.807) is 30.6 Å². The van der Waals surface area contributed by atoms with Crippen molar-refractivity contribution in [2.45, 2.75) is 6.61 Å². The fraction of sp³-hybridized carbons (Fsp3) is 0.0556. The summed E-state index contributed by atoms with van der Waals surface area (Å²) in [6.45, 7) is 0.371. The molecule has 0 aliphatic rings. The highest BCUT2D eigenvalue weighted by Gasteiger charge is 2.14. The Bertz CT molecular complexity index is 1030. The molecule has 7 heteroatoms. The monoisotopic (exact) mass is 333 g/mol. The van der Waals surface area contributed by atoms with Gasteiger partial charge in [0.05, 0.1) is 11.1 Å². The highest BCUT2D eigenvalue weighted by molar-refractivity contribution is 5.97. The SMILES string of the molecule is Nc1nccc(-c2c[nH]c3nccc(OCc4ccc(O)cc4)c23)n1. The summed E-state index contributed by atoms with van der Waals surface area (Å²) >= 11 is 0. The average molecular weight is 333 g/mol. The summed E-state index contributed by atoms with van der Waals surface area (Å²) < 4.78 is 5.98. The van der Waals surface area contributed by atoms with Crippen LogP contribution in [-0.2, 0) is 6.61 Å². The average Bonchev–Trinajstić information content (AvgIpc) is 3.06. The second-order valence-electron chi connectivity index (χ2n) is 5.49. The van der Waals surface area contributed by atoms with Crippen LogP contribution >= 0.6 is 0 Å². The van der Waals surface area contributed by atoms with Gasteiger partial charge >= 0.3 is 0 Å². The Kier molecular flexibility index (Phi) is 3.66. The number of pyridine rings is 1. The minimum Gasteiger partial charge on any atom is -0.508 e. The van der Waals surface area contributed by atoms with Gasteiger partial charge in [0, 0.05) is 24.2 Å². The van der Waals surface area contributed by atoms with E-state index >= 15 is 0 Å². The third-order valence-corrected chi connectivity index (χ3v) is 3.82. The fourth-order valence-electron chi connectivity index (χ4n) is 2.63. The zero-order valence-electron chi connectivity index (χ0n) is 13.2. The standard InChI is InChI=1S/C18H15N5O2/c19-18-21-7-5-14(23-18)13-9-22-17-16(13)15(6-8-20-17)25-10-11-1-3-12(24)4-2-11/h1-9,24H,10H2,(H,20,22)(H2,19,21,23).